The smallest absolute Gasteiger partial charge is 0.325 e. The van der Waals surface area contributed by atoms with Crippen LogP contribution in [0.1, 0.15) is 13.3 Å². The Labute approximate surface area is 242 Å². The molecule has 0 spiro atoms. The van der Waals surface area contributed by atoms with Crippen molar-refractivity contribution in [3.05, 3.63) is 97.1 Å². The maximum absolute atomic E-state index is 13.6. The van der Waals surface area contributed by atoms with Crippen LogP contribution in [0, 0.1) is 0 Å². The third-order valence-corrected chi connectivity index (χ3v) is 10.0. The van der Waals surface area contributed by atoms with Gasteiger partial charge in [0.1, 0.15) is 0 Å². The van der Waals surface area contributed by atoms with Crippen molar-refractivity contribution in [2.24, 2.45) is 5.14 Å². The highest BCUT2D eigenvalue weighted by Crippen LogP contribution is 2.43. The number of nitrogens with one attached hydrogen (secondary N) is 2. The number of urea groups is 1. The SMILES string of the molecule is CCC(Sc1cccc(NC(=O)N2c3ccccc3SC3C=CC=CC32)c1)C(=O)Nc1ccc(S(N)(=O)=O)cc1. The number of amides is 3. The minimum Gasteiger partial charge on any atom is -0.325 e. The van der Waals surface area contributed by atoms with E-state index < -0.39 is 15.3 Å². The van der Waals surface area contributed by atoms with Crippen LogP contribution in [-0.2, 0) is 14.8 Å². The second-order valence-electron chi connectivity index (χ2n) is 9.21. The van der Waals surface area contributed by atoms with Crippen molar-refractivity contribution in [3.8, 4) is 0 Å². The van der Waals surface area contributed by atoms with Gasteiger partial charge in [-0.15, -0.1) is 23.5 Å². The molecular weight excluding hydrogens is 565 g/mol. The van der Waals surface area contributed by atoms with Gasteiger partial charge in [-0.3, -0.25) is 9.69 Å². The molecular formula is C29H28N4O4S3. The van der Waals surface area contributed by atoms with Crippen molar-refractivity contribution in [2.45, 2.75) is 44.6 Å². The third-order valence-electron chi connectivity index (χ3n) is 6.44. The van der Waals surface area contributed by atoms with Crippen molar-refractivity contribution >= 4 is 62.5 Å². The summed E-state index contributed by atoms with van der Waals surface area (Å²) in [5.74, 6) is -0.212. The number of benzene rings is 3. The largest absolute Gasteiger partial charge is 0.326 e. The van der Waals surface area contributed by atoms with Crippen molar-refractivity contribution in [1.82, 2.24) is 0 Å². The number of hydrogen-bond donors (Lipinski definition) is 3. The number of hydrogen-bond acceptors (Lipinski definition) is 6. The van der Waals surface area contributed by atoms with E-state index in [1.54, 1.807) is 16.7 Å². The summed E-state index contributed by atoms with van der Waals surface area (Å²) in [4.78, 5) is 30.3. The average Bonchev–Trinajstić information content (AvgIpc) is 2.94. The van der Waals surface area contributed by atoms with E-state index in [2.05, 4.69) is 16.7 Å². The standard InChI is InChI=1S/C29H28N4O4S3/c1-2-25(28(34)31-19-14-16-22(17-15-19)40(30,36)37)38-21-9-7-8-20(18-21)32-29(35)33-23-10-3-5-12-26(23)39-27-13-6-4-11-24(27)33/h3-18,23,25-26H,2H2,1H3,(H,31,34)(H,32,35)(H2,30,36,37). The molecule has 3 atom stereocenters. The van der Waals surface area contributed by atoms with Crippen molar-refractivity contribution < 1.29 is 18.0 Å². The number of carbonyl (C=O) groups excluding carboxylic acids is 2. The third kappa shape index (κ3) is 6.28. The topological polar surface area (TPSA) is 122 Å². The molecule has 1 aliphatic carbocycles. The van der Waals surface area contributed by atoms with Gasteiger partial charge in [0, 0.05) is 21.2 Å². The summed E-state index contributed by atoms with van der Waals surface area (Å²) in [6.07, 6.45) is 8.71. The molecule has 0 saturated carbocycles. The van der Waals surface area contributed by atoms with Crippen LogP contribution < -0.4 is 20.7 Å². The molecule has 3 aromatic carbocycles. The van der Waals surface area contributed by atoms with Crippen LogP contribution in [0.5, 0.6) is 0 Å². The molecule has 0 saturated heterocycles. The Balaban J connectivity index is 1.28. The number of primary sulfonamides is 1. The maximum atomic E-state index is 13.6. The van der Waals surface area contributed by atoms with Crippen LogP contribution in [-0.4, -0.2) is 36.9 Å². The lowest BCUT2D eigenvalue weighted by Gasteiger charge is -2.40. The first-order valence-electron chi connectivity index (χ1n) is 12.6. The van der Waals surface area contributed by atoms with Crippen LogP contribution in [0.3, 0.4) is 0 Å². The number of nitrogens with two attached hydrogens (primary N) is 1. The van der Waals surface area contributed by atoms with Crippen molar-refractivity contribution in [3.63, 3.8) is 0 Å². The lowest BCUT2D eigenvalue weighted by atomic mass is 10.1. The van der Waals surface area contributed by atoms with Crippen molar-refractivity contribution in [1.29, 1.82) is 0 Å². The lowest BCUT2D eigenvalue weighted by molar-refractivity contribution is -0.115. The van der Waals surface area contributed by atoms with Gasteiger partial charge in [-0.1, -0.05) is 49.4 Å². The molecule has 0 aromatic heterocycles. The normalized spacial score (nSPS) is 18.4. The Morgan fingerprint density at radius 3 is 2.48 bits per heavy atom. The average molecular weight is 593 g/mol. The van der Waals surface area contributed by atoms with Crippen LogP contribution in [0.15, 0.2) is 112 Å². The number of nitrogens with zero attached hydrogens (tertiary/aromatic N) is 1. The molecule has 0 radical (unpaired) electrons. The number of rotatable bonds is 7. The Kier molecular flexibility index (Phi) is 8.36. The fourth-order valence-corrected chi connectivity index (χ4v) is 7.28. The summed E-state index contributed by atoms with van der Waals surface area (Å²) in [6.45, 7) is 1.92. The summed E-state index contributed by atoms with van der Waals surface area (Å²) in [7, 11) is -3.81. The monoisotopic (exact) mass is 592 g/mol. The summed E-state index contributed by atoms with van der Waals surface area (Å²) >= 11 is 3.14. The zero-order valence-electron chi connectivity index (χ0n) is 21.6. The van der Waals surface area contributed by atoms with E-state index in [4.69, 9.17) is 5.14 Å². The molecule has 0 bridgehead atoms. The molecule has 3 unspecified atom stereocenters. The number of allylic oxidation sites excluding steroid dienone is 2. The second-order valence-corrected chi connectivity index (χ2v) is 13.3. The number of carbonyl (C=O) groups is 2. The molecule has 11 heteroatoms. The Morgan fingerprint density at radius 1 is 0.975 bits per heavy atom. The van der Waals surface area contributed by atoms with Gasteiger partial charge in [0.2, 0.25) is 15.9 Å². The number of anilines is 3. The molecule has 8 nitrogen and oxygen atoms in total. The van der Waals surface area contributed by atoms with E-state index in [1.807, 2.05) is 73.7 Å². The van der Waals surface area contributed by atoms with E-state index in [0.29, 0.717) is 17.8 Å². The minimum atomic E-state index is -3.81. The first-order chi connectivity index (χ1) is 19.2. The predicted octanol–water partition coefficient (Wildman–Crippen LogP) is 5.85. The van der Waals surface area contributed by atoms with Gasteiger partial charge in [0.05, 0.1) is 27.1 Å². The highest BCUT2D eigenvalue weighted by molar-refractivity contribution is 8.00. The maximum Gasteiger partial charge on any atom is 0.326 e. The summed E-state index contributed by atoms with van der Waals surface area (Å²) in [6, 6.07) is 20.7. The molecule has 5 rings (SSSR count). The zero-order chi connectivity index (χ0) is 28.3. The molecule has 206 valence electrons. The molecule has 3 amide bonds. The van der Waals surface area contributed by atoms with Gasteiger partial charge >= 0.3 is 6.03 Å². The zero-order valence-corrected chi connectivity index (χ0v) is 24.0. The summed E-state index contributed by atoms with van der Waals surface area (Å²) < 4.78 is 23.0. The summed E-state index contributed by atoms with van der Waals surface area (Å²) in [5.41, 5.74) is 1.98. The van der Waals surface area contributed by atoms with E-state index in [9.17, 15) is 18.0 Å². The molecule has 2 aliphatic rings. The molecule has 1 heterocycles. The first kappa shape index (κ1) is 28.0. The number of sulfonamides is 1. The molecule has 0 fully saturated rings. The van der Waals surface area contributed by atoms with Gasteiger partial charge in [-0.25, -0.2) is 18.4 Å². The highest BCUT2D eigenvalue weighted by Gasteiger charge is 2.36. The molecule has 1 aliphatic heterocycles. The van der Waals surface area contributed by atoms with Crippen LogP contribution in [0.2, 0.25) is 0 Å². The Morgan fingerprint density at radius 2 is 1.73 bits per heavy atom. The van der Waals surface area contributed by atoms with E-state index >= 15 is 0 Å². The first-order valence-corrected chi connectivity index (χ1v) is 15.9. The Hall–Kier alpha value is -3.51. The van der Waals surface area contributed by atoms with Gasteiger partial charge in [0.25, 0.3) is 0 Å². The Bertz CT molecular complexity index is 1590. The fourth-order valence-electron chi connectivity index (χ4n) is 4.49. The second kappa shape index (κ2) is 11.9. The molecule has 4 N–H and O–H groups in total. The summed E-state index contributed by atoms with van der Waals surface area (Å²) in [5, 5.41) is 10.8. The highest BCUT2D eigenvalue weighted by atomic mass is 32.2. The van der Waals surface area contributed by atoms with Crippen LogP contribution in [0.4, 0.5) is 21.9 Å². The van der Waals surface area contributed by atoms with Gasteiger partial charge < -0.3 is 10.6 Å². The predicted molar refractivity (Wildman–Crippen MR) is 162 cm³/mol. The van der Waals surface area contributed by atoms with Gasteiger partial charge in [0.15, 0.2) is 0 Å². The van der Waals surface area contributed by atoms with E-state index in [-0.39, 0.29) is 28.1 Å². The number of thioether (sulfide) groups is 2. The fraction of sp³-hybridized carbons (Fsp3) is 0.172. The molecule has 40 heavy (non-hydrogen) atoms. The van der Waals surface area contributed by atoms with Crippen LogP contribution >= 0.6 is 23.5 Å². The van der Waals surface area contributed by atoms with Gasteiger partial charge in [-0.2, -0.15) is 0 Å². The lowest BCUT2D eigenvalue weighted by Crippen LogP contribution is -2.49. The molecule has 3 aromatic rings. The van der Waals surface area contributed by atoms with Gasteiger partial charge in [-0.05, 0) is 61.0 Å². The van der Waals surface area contributed by atoms with E-state index in [1.165, 1.54) is 36.0 Å². The van der Waals surface area contributed by atoms with Crippen molar-refractivity contribution in [2.75, 3.05) is 15.5 Å². The minimum absolute atomic E-state index is 0.0240. The van der Waals surface area contributed by atoms with Crippen LogP contribution in [0.25, 0.3) is 0 Å². The van der Waals surface area contributed by atoms with E-state index in [0.717, 1.165) is 15.5 Å². The quantitative estimate of drug-likeness (QED) is 0.296. The number of fused-ring (bicyclic) bond motifs is 2. The number of para-hydroxylation sites is 1.